The number of aryl methyl sites for hydroxylation is 7. The van der Waals surface area contributed by atoms with E-state index in [2.05, 4.69) is 174 Å². The predicted molar refractivity (Wildman–Crippen MR) is 329 cm³/mol. The van der Waals surface area contributed by atoms with Gasteiger partial charge in [-0.05, 0) is 151 Å². The quantitative estimate of drug-likeness (QED) is 0.0853. The maximum absolute atomic E-state index is 8.04. The Hall–Kier alpha value is -8.92. The molecule has 0 saturated carbocycles. The molecule has 0 fully saturated rings. The summed E-state index contributed by atoms with van der Waals surface area (Å²) >= 11 is 0. The van der Waals surface area contributed by atoms with Crippen LogP contribution in [0.2, 0.25) is 0 Å². The molecule has 0 radical (unpaired) electrons. The van der Waals surface area contributed by atoms with Gasteiger partial charge in [-0.1, -0.05) is 187 Å². The van der Waals surface area contributed by atoms with Crippen molar-refractivity contribution in [3.63, 3.8) is 0 Å². The second-order valence-electron chi connectivity index (χ2n) is 20.2. The molecule has 0 unspecified atom stereocenters. The molecule has 0 bridgehead atoms. The summed E-state index contributed by atoms with van der Waals surface area (Å²) in [6.07, 6.45) is 7.30. The van der Waals surface area contributed by atoms with Crippen LogP contribution >= 0.6 is 0 Å². The van der Waals surface area contributed by atoms with Crippen LogP contribution in [0.3, 0.4) is 0 Å². The summed E-state index contributed by atoms with van der Waals surface area (Å²) < 4.78 is 71.2. The third-order valence-corrected chi connectivity index (χ3v) is 15.1. The minimum atomic E-state index is -2.30. The van der Waals surface area contributed by atoms with Crippen molar-refractivity contribution in [1.29, 1.82) is 0 Å². The second-order valence-corrected chi connectivity index (χ2v) is 20.2. The van der Waals surface area contributed by atoms with Crippen molar-refractivity contribution in [3.8, 4) is 78.3 Å². The zero-order chi connectivity index (χ0) is 60.7. The molecule has 384 valence electrons. The van der Waals surface area contributed by atoms with Crippen LogP contribution < -0.4 is 0 Å². The molecule has 10 aromatic carbocycles. The van der Waals surface area contributed by atoms with Gasteiger partial charge in [-0.25, -0.2) is 0 Å². The van der Waals surface area contributed by atoms with E-state index in [1.54, 1.807) is 30.3 Å². The summed E-state index contributed by atoms with van der Waals surface area (Å²) in [5, 5.41) is 6.94. The van der Waals surface area contributed by atoms with Crippen LogP contribution in [0.4, 0.5) is 0 Å². The number of fused-ring (bicyclic) bond motifs is 6. The molecule has 3 heterocycles. The minimum absolute atomic E-state index is 0. The van der Waals surface area contributed by atoms with Crippen LogP contribution in [-0.2, 0) is 45.8 Å². The first-order valence-electron chi connectivity index (χ1n) is 31.1. The third kappa shape index (κ3) is 10.8. The van der Waals surface area contributed by atoms with Crippen LogP contribution in [0.15, 0.2) is 237 Å². The Morgan fingerprint density at radius 2 is 0.875 bits per heavy atom. The Kier molecular flexibility index (Phi) is 12.0. The van der Waals surface area contributed by atoms with E-state index < -0.39 is 20.6 Å². The predicted octanol–water partition coefficient (Wildman–Crippen LogP) is 18.9. The zero-order valence-corrected chi connectivity index (χ0v) is 45.9. The summed E-state index contributed by atoms with van der Waals surface area (Å²) in [5.74, 6) is 0. The molecule has 80 heavy (non-hydrogen) atoms. The van der Waals surface area contributed by atoms with Crippen molar-refractivity contribution in [2.75, 3.05) is 0 Å². The summed E-state index contributed by atoms with van der Waals surface area (Å²) in [4.78, 5) is 13.6. The van der Waals surface area contributed by atoms with E-state index in [1.165, 1.54) is 40.8 Å². The summed E-state index contributed by atoms with van der Waals surface area (Å²) in [6, 6.07) is 84.5. The zero-order valence-electron chi connectivity index (χ0n) is 52.5. The van der Waals surface area contributed by atoms with E-state index in [-0.39, 0.29) is 36.8 Å². The van der Waals surface area contributed by atoms with Gasteiger partial charge in [0.1, 0.15) is 0 Å². The van der Waals surface area contributed by atoms with Gasteiger partial charge >= 0.3 is 20.1 Å². The average Bonchev–Trinajstić information content (AvgIpc) is 0.808. The number of pyridine rings is 3. The molecule has 0 aliphatic carbocycles. The van der Waals surface area contributed by atoms with Crippen molar-refractivity contribution >= 4 is 32.3 Å². The number of rotatable bonds is 13. The minimum Gasteiger partial charge on any atom is -0.305 e. The third-order valence-electron chi connectivity index (χ3n) is 15.1. The molecule has 0 spiro atoms. The smallest absolute Gasteiger partial charge is 0.305 e. The van der Waals surface area contributed by atoms with Crippen LogP contribution in [0.25, 0.3) is 111 Å². The van der Waals surface area contributed by atoms with Gasteiger partial charge in [0.2, 0.25) is 0 Å². The van der Waals surface area contributed by atoms with Crippen LogP contribution in [-0.4, -0.2) is 15.0 Å². The van der Waals surface area contributed by atoms with E-state index in [1.807, 2.05) is 36.4 Å². The van der Waals surface area contributed by atoms with Gasteiger partial charge in [0, 0.05) is 30.9 Å². The van der Waals surface area contributed by atoms with Crippen molar-refractivity contribution < 1.29 is 32.4 Å². The van der Waals surface area contributed by atoms with Gasteiger partial charge in [0.25, 0.3) is 0 Å². The Balaban J connectivity index is 0.00000769. The normalized spacial score (nSPS) is 13.4. The van der Waals surface area contributed by atoms with Gasteiger partial charge < -0.3 is 15.0 Å². The Labute approximate surface area is 495 Å². The monoisotopic (exact) mass is 1210 g/mol. The van der Waals surface area contributed by atoms with Gasteiger partial charge in [-0.3, -0.25) is 0 Å². The molecule has 0 saturated heterocycles. The molecule has 0 N–H and O–H groups in total. The maximum Gasteiger partial charge on any atom is 3.00 e. The Morgan fingerprint density at radius 3 is 1.49 bits per heavy atom. The molecule has 3 aromatic heterocycles. The van der Waals surface area contributed by atoms with E-state index in [0.717, 1.165) is 125 Å². The molecule has 0 aliphatic rings. The molecule has 4 heteroatoms. The first kappa shape index (κ1) is 42.1. The van der Waals surface area contributed by atoms with E-state index >= 15 is 0 Å². The molecule has 0 amide bonds. The average molecular weight is 1210 g/mol. The summed E-state index contributed by atoms with van der Waals surface area (Å²) in [7, 11) is 0. The fourth-order valence-corrected chi connectivity index (χ4v) is 11.0. The molecule has 13 aromatic rings. The van der Waals surface area contributed by atoms with E-state index in [4.69, 9.17) is 17.3 Å². The van der Waals surface area contributed by atoms with Gasteiger partial charge in [-0.2, -0.15) is 0 Å². The summed E-state index contributed by atoms with van der Waals surface area (Å²) in [5.41, 5.74) is 17.5. The topological polar surface area (TPSA) is 38.7 Å². The first-order chi connectivity index (χ1) is 42.5. The maximum atomic E-state index is 8.04. The van der Waals surface area contributed by atoms with Crippen LogP contribution in [0.5, 0.6) is 0 Å². The number of benzene rings is 10. The molecule has 0 aliphatic heterocycles. The molecule has 0 atom stereocenters. The number of aromatic nitrogens is 3. The SMILES string of the molecule is [2H]C([2H])([2H])c1ccc(-c2[c-]cc(CCc3cc(CCc4c[c-]c(-c5cc(C([2H])([2H])[2H])ccn5)cc4)cc(-c4ccccc4-c4c[c-]c(-c5ccc(C([2H])([2H])[2H])cn5)cc4-c4ccc5c6ccc(-c7ccccc7)cc6c6ccccc6c5c4)c3)cc2)nc1.[Ir+3]. The van der Waals surface area contributed by atoms with Crippen molar-refractivity contribution in [2.24, 2.45) is 0 Å². The van der Waals surface area contributed by atoms with E-state index in [0.29, 0.717) is 17.1 Å². The van der Waals surface area contributed by atoms with Crippen molar-refractivity contribution in [2.45, 2.75) is 46.2 Å². The largest absolute Gasteiger partial charge is 3.00 e. The second kappa shape index (κ2) is 22.8. The van der Waals surface area contributed by atoms with E-state index in [9.17, 15) is 0 Å². The van der Waals surface area contributed by atoms with Gasteiger partial charge in [0.15, 0.2) is 0 Å². The standard InChI is InChI=1S/C76H56N3.Ir/c1-50-39-40-77-76(41-50)59-29-25-54(26-30-59)20-22-56-42-55(21-19-53-23-27-58(28-24-53)74-37-17-51(2)48-78-74)43-63(44-56)64-13-7-8-14-65(64)68-36-33-62(75-38-18-52(3)49-79-75)47-71(68)61-32-35-70-69-34-31-60(57-11-5-4-6-12-57)45-72(69)66-15-9-10-16-67(66)73(70)46-61;/h4-18,23-27,29,31-32,34-49H,19-22H2,1-3H3;/q-3;+3/i1D3,2D3,3D3;. The number of hydrogen-bond acceptors (Lipinski definition) is 3. The number of nitrogens with zero attached hydrogens (tertiary/aromatic N) is 3. The fourth-order valence-electron chi connectivity index (χ4n) is 11.0. The van der Waals surface area contributed by atoms with Crippen LogP contribution in [0, 0.1) is 38.8 Å². The molecule has 3 nitrogen and oxygen atoms in total. The first-order valence-corrected chi connectivity index (χ1v) is 26.6. The molecular weight excluding hydrogens is 1150 g/mol. The van der Waals surface area contributed by atoms with Gasteiger partial charge in [0.05, 0.1) is 0 Å². The van der Waals surface area contributed by atoms with Crippen molar-refractivity contribution in [1.82, 2.24) is 15.0 Å². The fraction of sp³-hybridized carbons (Fsp3) is 0.0921. The Morgan fingerprint density at radius 1 is 0.325 bits per heavy atom. The summed E-state index contributed by atoms with van der Waals surface area (Å²) in [6.45, 7) is -6.77. The van der Waals surface area contributed by atoms with Crippen LogP contribution in [0.1, 0.15) is 51.3 Å². The van der Waals surface area contributed by atoms with Crippen molar-refractivity contribution in [3.05, 3.63) is 294 Å². The molecule has 13 rings (SSSR count). The molecular formula is C76H56IrN3. The number of hydrogen-bond donors (Lipinski definition) is 0. The Bertz CT molecular complexity index is 4700. The van der Waals surface area contributed by atoms with Gasteiger partial charge in [-0.15, -0.1) is 94.5 Å².